The number of carbonyl (C=O) groups is 4. The van der Waals surface area contributed by atoms with Crippen LogP contribution >= 0.6 is 11.8 Å². The Bertz CT molecular complexity index is 1070. The van der Waals surface area contributed by atoms with E-state index >= 15 is 0 Å². The van der Waals surface area contributed by atoms with Crippen molar-refractivity contribution in [2.45, 2.75) is 93.7 Å². The van der Waals surface area contributed by atoms with Gasteiger partial charge in [0.1, 0.15) is 12.2 Å². The second-order valence-electron chi connectivity index (χ2n) is 12.3. The Morgan fingerprint density at radius 3 is 2.14 bits per heavy atom. The van der Waals surface area contributed by atoms with Crippen molar-refractivity contribution >= 4 is 35.5 Å². The molecule has 278 valence electrons. The Morgan fingerprint density at radius 1 is 0.837 bits per heavy atom. The van der Waals surface area contributed by atoms with Crippen molar-refractivity contribution in [3.63, 3.8) is 0 Å². The molecule has 2 fully saturated rings. The van der Waals surface area contributed by atoms with Crippen LogP contribution in [0.15, 0.2) is 0 Å². The van der Waals surface area contributed by atoms with Gasteiger partial charge in [0.25, 0.3) is 0 Å². The van der Waals surface area contributed by atoms with E-state index < -0.39 is 0 Å². The van der Waals surface area contributed by atoms with Crippen LogP contribution in [0.3, 0.4) is 0 Å². The maximum Gasteiger partial charge on any atom is 0.315 e. The number of hydrogen-bond donors (Lipinski definition) is 4. The average Bonchev–Trinajstić information content (AvgIpc) is 3.64. The molecule has 0 aromatic rings. The molecule has 14 nitrogen and oxygen atoms in total. The lowest BCUT2D eigenvalue weighted by Crippen LogP contribution is -2.44. The second kappa shape index (κ2) is 24.5. The van der Waals surface area contributed by atoms with Gasteiger partial charge in [-0.25, -0.2) is 4.79 Å². The van der Waals surface area contributed by atoms with Crippen molar-refractivity contribution < 1.29 is 42.9 Å². The molecule has 0 spiro atoms. The molecule has 0 saturated carbocycles. The maximum atomic E-state index is 12.7. The van der Waals surface area contributed by atoms with Crippen LogP contribution in [0.1, 0.15) is 64.2 Å². The van der Waals surface area contributed by atoms with Crippen molar-refractivity contribution in [2.75, 3.05) is 85.8 Å². The Hall–Kier alpha value is -2.61. The molecule has 0 radical (unpaired) electrons. The fourth-order valence-corrected chi connectivity index (χ4v) is 7.39. The van der Waals surface area contributed by atoms with Crippen LogP contribution in [0.5, 0.6) is 0 Å². The third kappa shape index (κ3) is 16.3. The molecule has 5 amide bonds. The summed E-state index contributed by atoms with van der Waals surface area (Å²) >= 11 is 1.90. The SMILES string of the molecule is COC1C#CCCN(C(=O)CCCC(=O)NCCCOCCOCCOCCCNC(=O)CCCCC2SCC3NC(=O)NC32)CC1OC. The largest absolute Gasteiger partial charge is 0.379 e. The Balaban J connectivity index is 1.03. The van der Waals surface area contributed by atoms with Crippen molar-refractivity contribution in [3.8, 4) is 11.8 Å². The summed E-state index contributed by atoms with van der Waals surface area (Å²) in [6, 6.07) is 0.405. The molecule has 3 rings (SSSR count). The lowest BCUT2D eigenvalue weighted by molar-refractivity contribution is -0.134. The first-order valence-electron chi connectivity index (χ1n) is 17.7. The summed E-state index contributed by atoms with van der Waals surface area (Å²) in [6.07, 6.45) is 5.79. The lowest BCUT2D eigenvalue weighted by atomic mass is 10.0. The van der Waals surface area contributed by atoms with E-state index in [1.165, 1.54) is 0 Å². The molecule has 49 heavy (non-hydrogen) atoms. The summed E-state index contributed by atoms with van der Waals surface area (Å²) in [5.74, 6) is 7.02. The Kier molecular flexibility index (Phi) is 20.4. The first-order chi connectivity index (χ1) is 23.9. The number of methoxy groups -OCH3 is 2. The third-order valence-electron chi connectivity index (χ3n) is 8.59. The van der Waals surface area contributed by atoms with Gasteiger partial charge in [0.05, 0.1) is 45.1 Å². The van der Waals surface area contributed by atoms with Gasteiger partial charge in [0, 0.05) is 83.8 Å². The molecule has 0 aromatic heterocycles. The van der Waals surface area contributed by atoms with Gasteiger partial charge in [-0.2, -0.15) is 11.8 Å². The second-order valence-corrected chi connectivity index (χ2v) is 13.6. The molecular weight excluding hydrogens is 654 g/mol. The number of rotatable bonds is 25. The minimum atomic E-state index is -0.368. The normalized spacial score (nSPS) is 23.0. The Morgan fingerprint density at radius 2 is 1.49 bits per heavy atom. The van der Waals surface area contributed by atoms with Crippen LogP contribution in [-0.2, 0) is 38.1 Å². The average molecular weight is 712 g/mol. The highest BCUT2D eigenvalue weighted by molar-refractivity contribution is 8.00. The van der Waals surface area contributed by atoms with Crippen LogP contribution in [0.2, 0.25) is 0 Å². The molecule has 5 unspecified atom stereocenters. The molecule has 2 saturated heterocycles. The van der Waals surface area contributed by atoms with E-state index in [1.54, 1.807) is 19.1 Å². The van der Waals surface area contributed by atoms with Gasteiger partial charge in [0.2, 0.25) is 17.7 Å². The van der Waals surface area contributed by atoms with Gasteiger partial charge in [-0.05, 0) is 32.1 Å². The number of nitrogens with zero attached hydrogens (tertiary/aromatic N) is 1. The molecule has 0 bridgehead atoms. The smallest absolute Gasteiger partial charge is 0.315 e. The third-order valence-corrected chi connectivity index (χ3v) is 10.1. The minimum Gasteiger partial charge on any atom is -0.379 e. The van der Waals surface area contributed by atoms with Gasteiger partial charge in [0.15, 0.2) is 0 Å². The summed E-state index contributed by atoms with van der Waals surface area (Å²) in [7, 11) is 3.17. The van der Waals surface area contributed by atoms with Gasteiger partial charge >= 0.3 is 6.03 Å². The molecule has 3 aliphatic rings. The predicted octanol–water partition coefficient (Wildman–Crippen LogP) is 1.21. The standard InChI is InChI=1S/C34H57N5O9S/c1-44-27-10-5-6-17-39(24-28(27)45-2)32(42)14-7-13-31(41)36-16-9-19-47-21-23-48-22-20-46-18-8-15-35-30(40)12-4-3-11-29-33-26(25-49-29)37-34(43)38-33/h26-29,33H,3-4,6-9,11-25H2,1-2H3,(H,35,40)(H,36,41)(H2,37,38,43). The molecule has 0 aliphatic carbocycles. The van der Waals surface area contributed by atoms with E-state index in [4.69, 9.17) is 23.7 Å². The van der Waals surface area contributed by atoms with E-state index in [1.807, 2.05) is 11.8 Å². The van der Waals surface area contributed by atoms with E-state index in [0.717, 1.165) is 31.4 Å². The predicted molar refractivity (Wildman–Crippen MR) is 186 cm³/mol. The molecule has 3 heterocycles. The van der Waals surface area contributed by atoms with E-state index in [-0.39, 0.29) is 48.0 Å². The number of urea groups is 1. The summed E-state index contributed by atoms with van der Waals surface area (Å²) in [5.41, 5.74) is 0. The van der Waals surface area contributed by atoms with Gasteiger partial charge in [-0.3, -0.25) is 14.4 Å². The number of fused-ring (bicyclic) bond motifs is 1. The zero-order chi connectivity index (χ0) is 35.1. The first-order valence-corrected chi connectivity index (χ1v) is 18.7. The quantitative estimate of drug-likeness (QED) is 0.0615. The molecule has 15 heteroatoms. The van der Waals surface area contributed by atoms with E-state index in [2.05, 4.69) is 33.1 Å². The number of unbranched alkanes of at least 4 members (excludes halogenated alkanes) is 1. The lowest BCUT2D eigenvalue weighted by Gasteiger charge is -2.30. The van der Waals surface area contributed by atoms with Crippen molar-refractivity contribution in [2.24, 2.45) is 0 Å². The number of hydrogen-bond acceptors (Lipinski definition) is 10. The topological polar surface area (TPSA) is 166 Å². The number of ether oxygens (including phenoxy) is 5. The van der Waals surface area contributed by atoms with Crippen LogP contribution in [0, 0.1) is 11.8 Å². The molecule has 0 aromatic carbocycles. The van der Waals surface area contributed by atoms with Crippen LogP contribution in [0.4, 0.5) is 4.79 Å². The highest BCUT2D eigenvalue weighted by Crippen LogP contribution is 2.33. The van der Waals surface area contributed by atoms with E-state index in [9.17, 15) is 19.2 Å². The zero-order valence-electron chi connectivity index (χ0n) is 29.3. The molecule has 5 atom stereocenters. The monoisotopic (exact) mass is 711 g/mol. The number of amides is 5. The van der Waals surface area contributed by atoms with Crippen LogP contribution < -0.4 is 21.3 Å². The minimum absolute atomic E-state index is 0.00699. The number of nitrogens with one attached hydrogen (secondary N) is 4. The first kappa shape index (κ1) is 40.8. The summed E-state index contributed by atoms with van der Waals surface area (Å²) < 4.78 is 27.5. The highest BCUT2D eigenvalue weighted by atomic mass is 32.2. The highest BCUT2D eigenvalue weighted by Gasteiger charge is 2.42. The fraction of sp³-hybridized carbons (Fsp3) is 0.824. The van der Waals surface area contributed by atoms with Crippen LogP contribution in [-0.4, -0.2) is 144 Å². The van der Waals surface area contributed by atoms with Crippen LogP contribution in [0.25, 0.3) is 0 Å². The Labute approximate surface area is 295 Å². The summed E-state index contributed by atoms with van der Waals surface area (Å²) in [6.45, 7) is 5.03. The van der Waals surface area contributed by atoms with Gasteiger partial charge in [-0.1, -0.05) is 18.3 Å². The molecule has 4 N–H and O–H groups in total. The van der Waals surface area contributed by atoms with Gasteiger partial charge in [-0.15, -0.1) is 0 Å². The van der Waals surface area contributed by atoms with E-state index in [0.29, 0.717) is 110 Å². The summed E-state index contributed by atoms with van der Waals surface area (Å²) in [4.78, 5) is 50.1. The molecular formula is C34H57N5O9S. The van der Waals surface area contributed by atoms with Gasteiger partial charge < -0.3 is 49.9 Å². The number of carbonyl (C=O) groups excluding carboxylic acids is 4. The van der Waals surface area contributed by atoms with Crippen molar-refractivity contribution in [1.29, 1.82) is 0 Å². The zero-order valence-corrected chi connectivity index (χ0v) is 30.1. The van der Waals surface area contributed by atoms with Crippen molar-refractivity contribution in [1.82, 2.24) is 26.2 Å². The maximum absolute atomic E-state index is 12.7. The molecule has 3 aliphatic heterocycles. The number of thioether (sulfide) groups is 1. The summed E-state index contributed by atoms with van der Waals surface area (Å²) in [5, 5.41) is 12.2. The fourth-order valence-electron chi connectivity index (χ4n) is 5.85. The van der Waals surface area contributed by atoms with Crippen molar-refractivity contribution in [3.05, 3.63) is 0 Å².